The van der Waals surface area contributed by atoms with E-state index in [2.05, 4.69) is 91.6 Å². The van der Waals surface area contributed by atoms with Crippen molar-refractivity contribution in [3.8, 4) is 0 Å². The molecule has 2 rings (SSSR count). The predicted molar refractivity (Wildman–Crippen MR) is 102 cm³/mol. The van der Waals surface area contributed by atoms with Gasteiger partial charge in [-0.1, -0.05) is 99.1 Å². The molecule has 1 nitrogen and oxygen atoms in total. The van der Waals surface area contributed by atoms with Crippen LogP contribution in [-0.4, -0.2) is 17.9 Å². The van der Waals surface area contributed by atoms with Crippen LogP contribution in [0.25, 0.3) is 0 Å². The smallest absolute Gasteiger partial charge is 0.131 e. The first-order chi connectivity index (χ1) is 10.2. The van der Waals surface area contributed by atoms with Gasteiger partial charge in [0.2, 0.25) is 0 Å². The summed E-state index contributed by atoms with van der Waals surface area (Å²) in [6, 6.07) is 21.7. The number of allylic oxidation sites excluding steroid dienone is 2. The Morgan fingerprint density at radius 1 is 0.714 bits per heavy atom. The van der Waals surface area contributed by atoms with Gasteiger partial charge in [-0.3, -0.25) is 0 Å². The molecule has 0 heterocycles. The van der Waals surface area contributed by atoms with E-state index in [9.17, 15) is 0 Å². The van der Waals surface area contributed by atoms with E-state index in [1.165, 1.54) is 10.4 Å². The largest absolute Gasteiger partial charge is 0.357 e. The maximum absolute atomic E-state index is 3.89. The van der Waals surface area contributed by atoms with E-state index < -0.39 is 17.9 Å². The molecule has 0 saturated heterocycles. The summed E-state index contributed by atoms with van der Waals surface area (Å²) in [5, 5.41) is 3.01. The molecule has 0 fully saturated rings. The molecule has 0 spiro atoms. The highest BCUT2D eigenvalue weighted by Crippen LogP contribution is 1.90. The highest BCUT2D eigenvalue weighted by Gasteiger charge is 2.12. The molecule has 2 aromatic carbocycles. The lowest BCUT2D eigenvalue weighted by Gasteiger charge is -2.18. The summed E-state index contributed by atoms with van der Waals surface area (Å²) < 4.78 is 3.89. The zero-order valence-corrected chi connectivity index (χ0v) is 15.3. The number of hydrogen-bond acceptors (Lipinski definition) is 1. The van der Waals surface area contributed by atoms with E-state index in [-0.39, 0.29) is 0 Å². The Labute approximate surface area is 132 Å². The molecule has 0 aliphatic carbocycles. The average molecular weight is 312 g/mol. The molecule has 2 unspecified atom stereocenters. The zero-order valence-electron chi connectivity index (χ0n) is 13.0. The average Bonchev–Trinajstić information content (AvgIpc) is 2.56. The van der Waals surface area contributed by atoms with E-state index in [0.717, 1.165) is 0 Å². The van der Waals surface area contributed by atoms with Crippen LogP contribution in [0.5, 0.6) is 0 Å². The van der Waals surface area contributed by atoms with Crippen LogP contribution in [0.1, 0.15) is 0 Å². The molecule has 0 radical (unpaired) electrons. The molecule has 0 amide bonds. The van der Waals surface area contributed by atoms with Gasteiger partial charge in [0.25, 0.3) is 0 Å². The summed E-state index contributed by atoms with van der Waals surface area (Å²) in [6.45, 7) is 11.5. The Bertz CT molecular complexity index is 476. The van der Waals surface area contributed by atoms with Gasteiger partial charge in [0, 0.05) is 0 Å². The van der Waals surface area contributed by atoms with Crippen molar-refractivity contribution in [2.24, 2.45) is 0 Å². The normalized spacial score (nSPS) is 12.5. The second-order valence-corrected chi connectivity index (χ2v) is 10.5. The standard InChI is InChI=1S/C14H19NSi2.C4H6/c1-16(13-9-5-3-6-10-13)15-17(2)14-11-7-4-8-12-14;1-3-4-2/h3-12,15-17H,1-2H3;3-4H,1-2H2. The third-order valence-electron chi connectivity index (χ3n) is 3.27. The summed E-state index contributed by atoms with van der Waals surface area (Å²) in [5.41, 5.74) is 0. The van der Waals surface area contributed by atoms with Gasteiger partial charge in [-0.05, 0) is 10.4 Å². The van der Waals surface area contributed by atoms with E-state index in [0.29, 0.717) is 0 Å². The summed E-state index contributed by atoms with van der Waals surface area (Å²) in [4.78, 5) is 0. The lowest BCUT2D eigenvalue weighted by atomic mass is 10.4. The summed E-state index contributed by atoms with van der Waals surface area (Å²) in [7, 11) is -1.95. The van der Waals surface area contributed by atoms with Crippen LogP contribution in [0.4, 0.5) is 0 Å². The fourth-order valence-corrected chi connectivity index (χ4v) is 8.19. The molecule has 0 aromatic heterocycles. The van der Waals surface area contributed by atoms with Gasteiger partial charge in [-0.15, -0.1) is 0 Å². The minimum atomic E-state index is -0.976. The molecular weight excluding hydrogens is 286 g/mol. The minimum absolute atomic E-state index is 0.976. The van der Waals surface area contributed by atoms with Crippen LogP contribution in [0.15, 0.2) is 86.0 Å². The molecule has 2 atom stereocenters. The van der Waals surface area contributed by atoms with Crippen molar-refractivity contribution >= 4 is 28.3 Å². The Kier molecular flexibility index (Phi) is 8.35. The number of nitrogens with one attached hydrogen (secondary N) is 1. The van der Waals surface area contributed by atoms with Crippen molar-refractivity contribution in [1.29, 1.82) is 0 Å². The van der Waals surface area contributed by atoms with Gasteiger partial charge in [-0.2, -0.15) is 0 Å². The Morgan fingerprint density at radius 3 is 1.33 bits per heavy atom. The maximum atomic E-state index is 3.89. The van der Waals surface area contributed by atoms with Gasteiger partial charge in [-0.25, -0.2) is 0 Å². The highest BCUT2D eigenvalue weighted by atomic mass is 28.3. The first-order valence-corrected chi connectivity index (χ1v) is 11.9. The lowest BCUT2D eigenvalue weighted by molar-refractivity contribution is 1.47. The fourth-order valence-electron chi connectivity index (χ4n) is 2.05. The Balaban J connectivity index is 0.000000491. The maximum Gasteiger partial charge on any atom is 0.131 e. The molecule has 0 bridgehead atoms. The fraction of sp³-hybridized carbons (Fsp3) is 0.111. The van der Waals surface area contributed by atoms with Crippen LogP contribution in [0.3, 0.4) is 0 Å². The Hall–Kier alpha value is -1.69. The van der Waals surface area contributed by atoms with E-state index in [1.54, 1.807) is 12.2 Å². The zero-order chi connectivity index (χ0) is 15.5. The van der Waals surface area contributed by atoms with Gasteiger partial charge in [0.15, 0.2) is 0 Å². The van der Waals surface area contributed by atoms with Gasteiger partial charge in [0.1, 0.15) is 17.9 Å². The van der Waals surface area contributed by atoms with Crippen LogP contribution in [0.2, 0.25) is 13.1 Å². The molecule has 3 heteroatoms. The van der Waals surface area contributed by atoms with Crippen LogP contribution >= 0.6 is 0 Å². The van der Waals surface area contributed by atoms with Crippen molar-refractivity contribution in [2.45, 2.75) is 13.1 Å². The van der Waals surface area contributed by atoms with Crippen molar-refractivity contribution in [3.05, 3.63) is 86.0 Å². The number of hydrogen-bond donors (Lipinski definition) is 1. The molecule has 1 N–H and O–H groups in total. The number of benzene rings is 2. The van der Waals surface area contributed by atoms with Gasteiger partial charge >= 0.3 is 0 Å². The predicted octanol–water partition coefficient (Wildman–Crippen LogP) is 2.46. The van der Waals surface area contributed by atoms with Crippen molar-refractivity contribution in [2.75, 3.05) is 0 Å². The molecule has 21 heavy (non-hydrogen) atoms. The Morgan fingerprint density at radius 2 is 1.05 bits per heavy atom. The lowest BCUT2D eigenvalue weighted by Crippen LogP contribution is -2.54. The third kappa shape index (κ3) is 6.53. The molecular formula is C18H25NSi2. The van der Waals surface area contributed by atoms with Gasteiger partial charge < -0.3 is 4.65 Å². The quantitative estimate of drug-likeness (QED) is 0.661. The van der Waals surface area contributed by atoms with Crippen molar-refractivity contribution in [3.63, 3.8) is 0 Å². The monoisotopic (exact) mass is 311 g/mol. The SMILES string of the molecule is C=CC=C.C[SiH](N[SiH](C)c1ccccc1)c1ccccc1. The van der Waals surface area contributed by atoms with E-state index in [1.807, 2.05) is 0 Å². The van der Waals surface area contributed by atoms with Crippen molar-refractivity contribution in [1.82, 2.24) is 4.65 Å². The molecule has 2 aromatic rings. The highest BCUT2D eigenvalue weighted by molar-refractivity contribution is 6.85. The topological polar surface area (TPSA) is 12.0 Å². The summed E-state index contributed by atoms with van der Waals surface area (Å²) >= 11 is 0. The first kappa shape index (κ1) is 17.4. The molecule has 110 valence electrons. The minimum Gasteiger partial charge on any atom is -0.357 e. The van der Waals surface area contributed by atoms with Crippen LogP contribution in [0, 0.1) is 0 Å². The van der Waals surface area contributed by atoms with Crippen LogP contribution in [-0.2, 0) is 0 Å². The second-order valence-electron chi connectivity index (χ2n) is 4.90. The molecule has 0 aliphatic heterocycles. The third-order valence-corrected chi connectivity index (χ3v) is 10.0. The summed E-state index contributed by atoms with van der Waals surface area (Å²) in [6.07, 6.45) is 3.28. The second kappa shape index (κ2) is 10.1. The van der Waals surface area contributed by atoms with E-state index in [4.69, 9.17) is 0 Å². The van der Waals surface area contributed by atoms with E-state index >= 15 is 0 Å². The number of rotatable bonds is 5. The molecule has 0 saturated carbocycles. The molecule has 0 aliphatic rings. The summed E-state index contributed by atoms with van der Waals surface area (Å²) in [5.74, 6) is 0. The first-order valence-electron chi connectivity index (χ1n) is 7.28. The van der Waals surface area contributed by atoms with Crippen LogP contribution < -0.4 is 15.0 Å². The van der Waals surface area contributed by atoms with Gasteiger partial charge in [0.05, 0.1) is 0 Å². The van der Waals surface area contributed by atoms with Crippen molar-refractivity contribution < 1.29 is 0 Å².